The molecule has 0 aliphatic heterocycles. The van der Waals surface area contributed by atoms with Crippen LogP contribution in [0.25, 0.3) is 0 Å². The van der Waals surface area contributed by atoms with Crippen LogP contribution in [-0.4, -0.2) is 25.9 Å². The van der Waals surface area contributed by atoms with Crippen molar-refractivity contribution in [2.75, 3.05) is 11.1 Å². The van der Waals surface area contributed by atoms with Gasteiger partial charge in [-0.15, -0.1) is 0 Å². The SMILES string of the molecule is Cc1nn(C)c(NC(=O)c2ccc(O)c(O)c2)c1N. The second-order valence-electron chi connectivity index (χ2n) is 4.13. The number of carbonyl (C=O) groups excluding carboxylic acids is 1. The third kappa shape index (κ3) is 2.30. The van der Waals surface area contributed by atoms with Crippen LogP contribution in [0.4, 0.5) is 11.5 Å². The Bertz CT molecular complexity index is 649. The Morgan fingerprint density at radius 2 is 2.05 bits per heavy atom. The van der Waals surface area contributed by atoms with Crippen LogP contribution in [0.5, 0.6) is 11.5 Å². The van der Waals surface area contributed by atoms with Crippen molar-refractivity contribution >= 4 is 17.4 Å². The number of nitrogens with two attached hydrogens (primary N) is 1. The van der Waals surface area contributed by atoms with Gasteiger partial charge in [-0.3, -0.25) is 9.48 Å². The van der Waals surface area contributed by atoms with E-state index in [1.54, 1.807) is 14.0 Å². The van der Waals surface area contributed by atoms with Gasteiger partial charge in [0.25, 0.3) is 5.91 Å². The van der Waals surface area contributed by atoms with Gasteiger partial charge in [0.2, 0.25) is 0 Å². The van der Waals surface area contributed by atoms with Gasteiger partial charge in [-0.05, 0) is 25.1 Å². The second-order valence-corrected chi connectivity index (χ2v) is 4.13. The van der Waals surface area contributed by atoms with E-state index in [4.69, 9.17) is 5.73 Å². The van der Waals surface area contributed by atoms with E-state index in [0.29, 0.717) is 17.2 Å². The standard InChI is InChI=1S/C12H14N4O3/c1-6-10(13)11(16(2)15-6)14-12(19)7-3-4-8(17)9(18)5-7/h3-5,17-18H,13H2,1-2H3,(H,14,19). The van der Waals surface area contributed by atoms with Crippen molar-refractivity contribution in [2.24, 2.45) is 7.05 Å². The highest BCUT2D eigenvalue weighted by Crippen LogP contribution is 2.26. The molecule has 0 saturated heterocycles. The lowest BCUT2D eigenvalue weighted by molar-refractivity contribution is 0.102. The number of aromatic hydroxyl groups is 2. The number of nitrogens with zero attached hydrogens (tertiary/aromatic N) is 2. The van der Waals surface area contributed by atoms with E-state index in [2.05, 4.69) is 10.4 Å². The van der Waals surface area contributed by atoms with E-state index in [-0.39, 0.29) is 17.1 Å². The first-order chi connectivity index (χ1) is 8.90. The molecular formula is C12H14N4O3. The average Bonchev–Trinajstić information content (AvgIpc) is 2.59. The van der Waals surface area contributed by atoms with E-state index in [9.17, 15) is 15.0 Å². The Kier molecular flexibility index (Phi) is 3.04. The number of nitrogens with one attached hydrogen (secondary N) is 1. The van der Waals surface area contributed by atoms with E-state index in [0.717, 1.165) is 0 Å². The zero-order valence-electron chi connectivity index (χ0n) is 10.5. The highest BCUT2D eigenvalue weighted by molar-refractivity contribution is 6.05. The molecule has 0 fully saturated rings. The fourth-order valence-electron chi connectivity index (χ4n) is 1.67. The summed E-state index contributed by atoms with van der Waals surface area (Å²) in [5.41, 5.74) is 7.00. The molecule has 0 unspecified atom stereocenters. The van der Waals surface area contributed by atoms with Crippen molar-refractivity contribution in [3.05, 3.63) is 29.5 Å². The van der Waals surface area contributed by atoms with Crippen molar-refractivity contribution in [1.82, 2.24) is 9.78 Å². The summed E-state index contributed by atoms with van der Waals surface area (Å²) in [6, 6.07) is 3.80. The molecule has 0 radical (unpaired) electrons. The number of nitrogen functional groups attached to an aromatic ring is 1. The van der Waals surface area contributed by atoms with Crippen LogP contribution in [0, 0.1) is 6.92 Å². The molecule has 0 spiro atoms. The van der Waals surface area contributed by atoms with Crippen molar-refractivity contribution in [3.63, 3.8) is 0 Å². The van der Waals surface area contributed by atoms with Crippen LogP contribution < -0.4 is 11.1 Å². The molecule has 0 atom stereocenters. The Morgan fingerprint density at radius 1 is 1.37 bits per heavy atom. The number of anilines is 2. The van der Waals surface area contributed by atoms with Crippen LogP contribution in [0.2, 0.25) is 0 Å². The molecule has 0 aliphatic carbocycles. The second kappa shape index (κ2) is 4.52. The molecule has 19 heavy (non-hydrogen) atoms. The summed E-state index contributed by atoms with van der Waals surface area (Å²) in [5, 5.41) is 25.2. The van der Waals surface area contributed by atoms with Crippen molar-refractivity contribution in [2.45, 2.75) is 6.92 Å². The summed E-state index contributed by atoms with van der Waals surface area (Å²) in [7, 11) is 1.66. The third-order valence-electron chi connectivity index (χ3n) is 2.74. The maximum absolute atomic E-state index is 12.0. The number of benzene rings is 1. The number of hydrogen-bond donors (Lipinski definition) is 4. The highest BCUT2D eigenvalue weighted by atomic mass is 16.3. The van der Waals surface area contributed by atoms with Gasteiger partial charge >= 0.3 is 0 Å². The number of amides is 1. The summed E-state index contributed by atoms with van der Waals surface area (Å²) in [4.78, 5) is 12.0. The molecule has 0 aliphatic rings. The van der Waals surface area contributed by atoms with Gasteiger partial charge in [0, 0.05) is 12.6 Å². The first-order valence-corrected chi connectivity index (χ1v) is 5.52. The van der Waals surface area contributed by atoms with E-state index < -0.39 is 5.91 Å². The zero-order chi connectivity index (χ0) is 14.2. The normalized spacial score (nSPS) is 10.4. The monoisotopic (exact) mass is 262 g/mol. The lowest BCUT2D eigenvalue weighted by atomic mass is 10.2. The number of rotatable bonds is 2. The minimum Gasteiger partial charge on any atom is -0.504 e. The van der Waals surface area contributed by atoms with E-state index >= 15 is 0 Å². The zero-order valence-corrected chi connectivity index (χ0v) is 10.5. The fourth-order valence-corrected chi connectivity index (χ4v) is 1.67. The number of hydrogen-bond acceptors (Lipinski definition) is 5. The molecule has 0 bridgehead atoms. The van der Waals surface area contributed by atoms with Crippen molar-refractivity contribution in [3.8, 4) is 11.5 Å². The molecule has 1 aromatic carbocycles. The van der Waals surface area contributed by atoms with Gasteiger partial charge in [0.15, 0.2) is 17.3 Å². The van der Waals surface area contributed by atoms with Gasteiger partial charge in [-0.1, -0.05) is 0 Å². The number of carbonyl (C=O) groups is 1. The molecule has 2 aromatic rings. The van der Waals surface area contributed by atoms with Crippen molar-refractivity contribution in [1.29, 1.82) is 0 Å². The van der Waals surface area contributed by atoms with Crippen molar-refractivity contribution < 1.29 is 15.0 Å². The van der Waals surface area contributed by atoms with Crippen LogP contribution >= 0.6 is 0 Å². The molecule has 7 heteroatoms. The van der Waals surface area contributed by atoms with Crippen LogP contribution in [0.3, 0.4) is 0 Å². The largest absolute Gasteiger partial charge is 0.504 e. The molecule has 7 nitrogen and oxygen atoms in total. The van der Waals surface area contributed by atoms with Crippen LogP contribution in [0.15, 0.2) is 18.2 Å². The maximum Gasteiger partial charge on any atom is 0.257 e. The Morgan fingerprint density at radius 3 is 2.58 bits per heavy atom. The topological polar surface area (TPSA) is 113 Å². The predicted octanol–water partition coefficient (Wildman–Crippen LogP) is 0.974. The van der Waals surface area contributed by atoms with Gasteiger partial charge in [-0.2, -0.15) is 5.10 Å². The molecule has 1 aromatic heterocycles. The summed E-state index contributed by atoms with van der Waals surface area (Å²) >= 11 is 0. The molecular weight excluding hydrogens is 248 g/mol. The van der Waals surface area contributed by atoms with Gasteiger partial charge < -0.3 is 21.3 Å². The van der Waals surface area contributed by atoms with Crippen LogP contribution in [-0.2, 0) is 7.05 Å². The number of phenols is 2. The average molecular weight is 262 g/mol. The van der Waals surface area contributed by atoms with Gasteiger partial charge in [0.1, 0.15) is 0 Å². The first-order valence-electron chi connectivity index (χ1n) is 5.52. The molecule has 5 N–H and O–H groups in total. The summed E-state index contributed by atoms with van der Waals surface area (Å²) in [6.45, 7) is 1.73. The summed E-state index contributed by atoms with van der Waals surface area (Å²) < 4.78 is 1.46. The molecule has 1 amide bonds. The Hall–Kier alpha value is -2.70. The third-order valence-corrected chi connectivity index (χ3v) is 2.74. The van der Waals surface area contributed by atoms with Gasteiger partial charge in [0.05, 0.1) is 11.4 Å². The fraction of sp³-hybridized carbons (Fsp3) is 0.167. The lowest BCUT2D eigenvalue weighted by Crippen LogP contribution is -2.15. The highest BCUT2D eigenvalue weighted by Gasteiger charge is 2.15. The molecule has 100 valence electrons. The smallest absolute Gasteiger partial charge is 0.257 e. The quantitative estimate of drug-likeness (QED) is 0.602. The summed E-state index contributed by atoms with van der Waals surface area (Å²) in [6.07, 6.45) is 0. The maximum atomic E-state index is 12.0. The number of phenolic OH excluding ortho intramolecular Hbond substituents is 2. The number of aromatic nitrogens is 2. The summed E-state index contributed by atoms with van der Waals surface area (Å²) in [5.74, 6) is -0.714. The van der Waals surface area contributed by atoms with Crippen LogP contribution in [0.1, 0.15) is 16.1 Å². The molecule has 0 saturated carbocycles. The van der Waals surface area contributed by atoms with Gasteiger partial charge in [-0.25, -0.2) is 0 Å². The Balaban J connectivity index is 2.28. The predicted molar refractivity (Wildman–Crippen MR) is 70.1 cm³/mol. The first kappa shape index (κ1) is 12.7. The lowest BCUT2D eigenvalue weighted by Gasteiger charge is -2.07. The minimum atomic E-state index is -0.454. The molecule has 2 rings (SSSR count). The molecule has 1 heterocycles. The minimum absolute atomic E-state index is 0.202. The van der Waals surface area contributed by atoms with E-state index in [1.165, 1.54) is 22.9 Å². The van der Waals surface area contributed by atoms with E-state index in [1.807, 2.05) is 0 Å². The Labute approximate surface area is 109 Å². The number of aryl methyl sites for hydroxylation is 2.